The fraction of sp³-hybridized carbons (Fsp3) is 0.500. The molecule has 0 spiro atoms. The Morgan fingerprint density at radius 2 is 2.21 bits per heavy atom. The zero-order valence-electron chi connectivity index (χ0n) is 10.8. The topological polar surface area (TPSA) is 35.2 Å². The van der Waals surface area contributed by atoms with Crippen molar-refractivity contribution >= 4 is 33.1 Å². The predicted molar refractivity (Wildman–Crippen MR) is 82.0 cm³/mol. The third-order valence-corrected chi connectivity index (χ3v) is 4.49. The average molecular weight is 346 g/mol. The molecule has 2 atom stereocenters. The molecule has 1 aromatic carbocycles. The van der Waals surface area contributed by atoms with Crippen LogP contribution < -0.4 is 10.5 Å². The molecule has 2 nitrogen and oxygen atoms in total. The lowest BCUT2D eigenvalue weighted by Gasteiger charge is -2.27. The van der Waals surface area contributed by atoms with Crippen LogP contribution in [0, 0.1) is 11.7 Å². The molecule has 2 N–H and O–H groups in total. The van der Waals surface area contributed by atoms with Crippen LogP contribution in [-0.4, -0.2) is 11.1 Å². The van der Waals surface area contributed by atoms with Crippen LogP contribution in [0.2, 0.25) is 0 Å². The molecule has 0 aliphatic heterocycles. The molecule has 2 unspecified atom stereocenters. The minimum atomic E-state index is -0.427. The first-order valence-corrected chi connectivity index (χ1v) is 7.63. The van der Waals surface area contributed by atoms with Crippen LogP contribution in [0.25, 0.3) is 0 Å². The van der Waals surface area contributed by atoms with Crippen LogP contribution in [0.15, 0.2) is 16.6 Å². The van der Waals surface area contributed by atoms with Gasteiger partial charge in [0.2, 0.25) is 0 Å². The Morgan fingerprint density at radius 3 is 2.84 bits per heavy atom. The van der Waals surface area contributed by atoms with Crippen LogP contribution in [0.4, 0.5) is 4.39 Å². The van der Waals surface area contributed by atoms with Gasteiger partial charge in [-0.25, -0.2) is 4.39 Å². The Hall–Kier alpha value is -0.680. The SMILES string of the molecule is CC1CCCC(Oc2ccc(C(N)=S)c(Br)c2F)C1. The summed E-state index contributed by atoms with van der Waals surface area (Å²) in [7, 11) is 0. The number of benzene rings is 1. The second kappa shape index (κ2) is 6.18. The summed E-state index contributed by atoms with van der Waals surface area (Å²) in [5.74, 6) is 0.482. The van der Waals surface area contributed by atoms with Crippen molar-refractivity contribution in [3.63, 3.8) is 0 Å². The van der Waals surface area contributed by atoms with Gasteiger partial charge in [-0.3, -0.25) is 0 Å². The van der Waals surface area contributed by atoms with Crippen molar-refractivity contribution in [3.8, 4) is 5.75 Å². The van der Waals surface area contributed by atoms with E-state index in [-0.39, 0.29) is 21.3 Å². The monoisotopic (exact) mass is 345 g/mol. The molecule has 104 valence electrons. The number of halogens is 2. The van der Waals surface area contributed by atoms with Gasteiger partial charge in [-0.2, -0.15) is 0 Å². The van der Waals surface area contributed by atoms with Gasteiger partial charge in [0.1, 0.15) is 4.99 Å². The van der Waals surface area contributed by atoms with Gasteiger partial charge < -0.3 is 10.5 Å². The van der Waals surface area contributed by atoms with E-state index >= 15 is 0 Å². The quantitative estimate of drug-likeness (QED) is 0.834. The Balaban J connectivity index is 2.17. The maximum Gasteiger partial charge on any atom is 0.179 e. The molecule has 0 aromatic heterocycles. The van der Waals surface area contributed by atoms with Crippen molar-refractivity contribution in [2.24, 2.45) is 11.7 Å². The minimum absolute atomic E-state index is 0.0980. The van der Waals surface area contributed by atoms with Gasteiger partial charge in [-0.1, -0.05) is 25.6 Å². The van der Waals surface area contributed by atoms with E-state index < -0.39 is 5.82 Å². The molecule has 1 fully saturated rings. The molecule has 0 heterocycles. The van der Waals surface area contributed by atoms with E-state index in [9.17, 15) is 4.39 Å². The maximum atomic E-state index is 14.2. The second-order valence-corrected chi connectivity index (χ2v) is 6.35. The lowest BCUT2D eigenvalue weighted by Crippen LogP contribution is -2.24. The van der Waals surface area contributed by atoms with Gasteiger partial charge in [-0.15, -0.1) is 0 Å². The molecule has 1 aromatic rings. The summed E-state index contributed by atoms with van der Waals surface area (Å²) in [4.78, 5) is 0.170. The summed E-state index contributed by atoms with van der Waals surface area (Å²) in [6.07, 6.45) is 4.43. The highest BCUT2D eigenvalue weighted by Gasteiger charge is 2.22. The first-order valence-electron chi connectivity index (χ1n) is 6.43. The molecule has 5 heteroatoms. The fourth-order valence-corrected chi connectivity index (χ4v) is 3.32. The zero-order valence-corrected chi connectivity index (χ0v) is 13.2. The average Bonchev–Trinajstić information content (AvgIpc) is 2.35. The number of ether oxygens (including phenoxy) is 1. The summed E-state index contributed by atoms with van der Waals surface area (Å²) in [6.45, 7) is 2.21. The Labute approximate surface area is 126 Å². The van der Waals surface area contributed by atoms with Gasteiger partial charge in [-0.05, 0) is 53.2 Å². The number of thiocarbonyl (C=S) groups is 1. The number of hydrogen-bond acceptors (Lipinski definition) is 2. The van der Waals surface area contributed by atoms with Crippen molar-refractivity contribution in [1.82, 2.24) is 0 Å². The molecule has 1 aliphatic rings. The normalized spacial score (nSPS) is 23.1. The van der Waals surface area contributed by atoms with E-state index in [1.54, 1.807) is 12.1 Å². The smallest absolute Gasteiger partial charge is 0.179 e. The van der Waals surface area contributed by atoms with E-state index in [1.807, 2.05) is 0 Å². The molecule has 0 bridgehead atoms. The first-order chi connectivity index (χ1) is 8.99. The zero-order chi connectivity index (χ0) is 14.0. The van der Waals surface area contributed by atoms with Crippen LogP contribution >= 0.6 is 28.1 Å². The van der Waals surface area contributed by atoms with Crippen molar-refractivity contribution in [1.29, 1.82) is 0 Å². The van der Waals surface area contributed by atoms with E-state index in [0.29, 0.717) is 11.5 Å². The van der Waals surface area contributed by atoms with Crippen LogP contribution in [0.5, 0.6) is 5.75 Å². The molecule has 1 saturated carbocycles. The van der Waals surface area contributed by atoms with Crippen molar-refractivity contribution in [2.45, 2.75) is 38.7 Å². The largest absolute Gasteiger partial charge is 0.487 e. The van der Waals surface area contributed by atoms with Crippen LogP contribution in [0.1, 0.15) is 38.2 Å². The Kier molecular flexibility index (Phi) is 4.79. The standard InChI is InChI=1S/C14H17BrFNOS/c1-8-3-2-4-9(7-8)18-11-6-5-10(14(17)19)12(15)13(11)16/h5-6,8-9H,2-4,7H2,1H3,(H2,17,19). The molecule has 0 saturated heterocycles. The lowest BCUT2D eigenvalue weighted by atomic mass is 9.89. The number of rotatable bonds is 3. The van der Waals surface area contributed by atoms with E-state index in [1.165, 1.54) is 6.42 Å². The highest BCUT2D eigenvalue weighted by Crippen LogP contribution is 2.32. The summed E-state index contributed by atoms with van der Waals surface area (Å²) in [6, 6.07) is 3.30. The maximum absolute atomic E-state index is 14.2. The second-order valence-electron chi connectivity index (χ2n) is 5.12. The van der Waals surface area contributed by atoms with Gasteiger partial charge in [0.15, 0.2) is 11.6 Å². The highest BCUT2D eigenvalue weighted by atomic mass is 79.9. The molecule has 1 aliphatic carbocycles. The number of nitrogens with two attached hydrogens (primary N) is 1. The third-order valence-electron chi connectivity index (χ3n) is 3.49. The summed E-state index contributed by atoms with van der Waals surface area (Å²) in [5.41, 5.74) is 6.03. The first kappa shape index (κ1) is 14.7. The molecule has 19 heavy (non-hydrogen) atoms. The molecule has 2 rings (SSSR count). The van der Waals surface area contributed by atoms with Gasteiger partial charge in [0.25, 0.3) is 0 Å². The van der Waals surface area contributed by atoms with E-state index in [4.69, 9.17) is 22.7 Å². The highest BCUT2D eigenvalue weighted by molar-refractivity contribution is 9.10. The van der Waals surface area contributed by atoms with Crippen LogP contribution in [-0.2, 0) is 0 Å². The molecular weight excluding hydrogens is 329 g/mol. The Morgan fingerprint density at radius 1 is 1.47 bits per heavy atom. The minimum Gasteiger partial charge on any atom is -0.487 e. The fourth-order valence-electron chi connectivity index (χ4n) is 2.48. The summed E-state index contributed by atoms with van der Waals surface area (Å²) >= 11 is 8.06. The van der Waals surface area contributed by atoms with Gasteiger partial charge in [0.05, 0.1) is 10.6 Å². The van der Waals surface area contributed by atoms with Gasteiger partial charge >= 0.3 is 0 Å². The molecular formula is C14H17BrFNOS. The van der Waals surface area contributed by atoms with Crippen LogP contribution in [0.3, 0.4) is 0 Å². The van der Waals surface area contributed by atoms with E-state index in [0.717, 1.165) is 19.3 Å². The van der Waals surface area contributed by atoms with E-state index in [2.05, 4.69) is 22.9 Å². The molecule has 0 amide bonds. The number of hydrogen-bond donors (Lipinski definition) is 1. The van der Waals surface area contributed by atoms with Crippen molar-refractivity contribution in [2.75, 3.05) is 0 Å². The summed E-state index contributed by atoms with van der Waals surface area (Å²) in [5, 5.41) is 0. The predicted octanol–water partition coefficient (Wildman–Crippen LogP) is 4.18. The third kappa shape index (κ3) is 3.45. The molecule has 0 radical (unpaired) electrons. The summed E-state index contributed by atoms with van der Waals surface area (Å²) < 4.78 is 20.2. The van der Waals surface area contributed by atoms with Crippen molar-refractivity contribution in [3.05, 3.63) is 28.0 Å². The Bertz CT molecular complexity index is 495. The van der Waals surface area contributed by atoms with Crippen molar-refractivity contribution < 1.29 is 9.13 Å². The lowest BCUT2D eigenvalue weighted by molar-refractivity contribution is 0.124. The van der Waals surface area contributed by atoms with Gasteiger partial charge in [0, 0.05) is 5.56 Å².